The Morgan fingerprint density at radius 3 is 2.84 bits per heavy atom. The molecule has 0 aliphatic heterocycles. The molecule has 2 aromatic rings. The van der Waals surface area contributed by atoms with E-state index in [2.05, 4.69) is 39.2 Å². The van der Waals surface area contributed by atoms with Gasteiger partial charge in [0.05, 0.1) is 9.99 Å². The molecule has 3 rings (SSSR count). The predicted molar refractivity (Wildman–Crippen MR) is 80.2 cm³/mol. The second-order valence-electron chi connectivity index (χ2n) is 5.08. The normalized spacial score (nSPS) is 14.9. The summed E-state index contributed by atoms with van der Waals surface area (Å²) >= 11 is 3.25. The van der Waals surface area contributed by atoms with Gasteiger partial charge in [0.25, 0.3) is 0 Å². The van der Waals surface area contributed by atoms with E-state index in [4.69, 9.17) is 0 Å². The zero-order valence-corrected chi connectivity index (χ0v) is 12.4. The van der Waals surface area contributed by atoms with E-state index < -0.39 is 0 Å². The maximum atomic E-state index is 13.7. The molecule has 2 nitrogen and oxygen atoms in total. The van der Waals surface area contributed by atoms with Crippen LogP contribution in [0.5, 0.6) is 0 Å². The van der Waals surface area contributed by atoms with Crippen molar-refractivity contribution in [3.05, 3.63) is 34.2 Å². The first-order valence-corrected chi connectivity index (χ1v) is 7.52. The fraction of sp³-hybridized carbons (Fsp3) is 0.400. The molecule has 0 atom stereocenters. The van der Waals surface area contributed by atoms with Crippen LogP contribution in [0.4, 0.5) is 10.1 Å². The van der Waals surface area contributed by atoms with Gasteiger partial charge in [0, 0.05) is 35.3 Å². The summed E-state index contributed by atoms with van der Waals surface area (Å²) in [7, 11) is 0. The van der Waals surface area contributed by atoms with Crippen LogP contribution in [-0.2, 0) is 0 Å². The Hall–Kier alpha value is -1.16. The monoisotopic (exact) mass is 322 g/mol. The molecule has 0 saturated heterocycles. The fourth-order valence-electron chi connectivity index (χ4n) is 2.24. The molecule has 100 valence electrons. The summed E-state index contributed by atoms with van der Waals surface area (Å²) in [6, 6.07) is 5.45. The molecule has 1 aliphatic carbocycles. The summed E-state index contributed by atoms with van der Waals surface area (Å²) in [6.07, 6.45) is 3.46. The van der Waals surface area contributed by atoms with Crippen molar-refractivity contribution in [1.82, 2.24) is 4.98 Å². The van der Waals surface area contributed by atoms with Crippen LogP contribution >= 0.6 is 15.9 Å². The Balaban J connectivity index is 2.14. The lowest BCUT2D eigenvalue weighted by Crippen LogP contribution is -2.02. The number of nitrogens with zero attached hydrogens (tertiary/aromatic N) is 1. The number of rotatable bonds is 4. The van der Waals surface area contributed by atoms with Gasteiger partial charge in [0.15, 0.2) is 0 Å². The molecule has 1 aromatic heterocycles. The molecule has 0 bridgehead atoms. The molecule has 1 heterocycles. The highest BCUT2D eigenvalue weighted by atomic mass is 79.9. The SMILES string of the molecule is CCCNc1cc(C2CC2)nc2cc(F)c(Br)cc12. The number of hydrogen-bond donors (Lipinski definition) is 1. The molecular formula is C15H16BrFN2. The molecule has 1 fully saturated rings. The standard InChI is InChI=1S/C15H16BrFN2/c1-2-5-18-14-8-13(9-3-4-9)19-15-7-12(17)11(16)6-10(14)15/h6-9H,2-5H2,1H3,(H,18,19). The third kappa shape index (κ3) is 2.59. The summed E-state index contributed by atoms with van der Waals surface area (Å²) in [5, 5.41) is 4.40. The van der Waals surface area contributed by atoms with Crippen molar-refractivity contribution in [3.63, 3.8) is 0 Å². The number of hydrogen-bond acceptors (Lipinski definition) is 2. The van der Waals surface area contributed by atoms with Crippen LogP contribution in [-0.4, -0.2) is 11.5 Å². The molecule has 0 unspecified atom stereocenters. The van der Waals surface area contributed by atoms with Gasteiger partial charge < -0.3 is 5.32 Å². The zero-order chi connectivity index (χ0) is 13.4. The average Bonchev–Trinajstić information content (AvgIpc) is 3.22. The summed E-state index contributed by atoms with van der Waals surface area (Å²) in [5.41, 5.74) is 2.89. The fourth-order valence-corrected chi connectivity index (χ4v) is 2.58. The summed E-state index contributed by atoms with van der Waals surface area (Å²) < 4.78 is 14.2. The minimum Gasteiger partial charge on any atom is -0.384 e. The molecule has 1 aromatic carbocycles. The first-order chi connectivity index (χ1) is 9.19. The number of pyridine rings is 1. The smallest absolute Gasteiger partial charge is 0.139 e. The summed E-state index contributed by atoms with van der Waals surface area (Å²) in [4.78, 5) is 4.61. The molecule has 0 radical (unpaired) electrons. The van der Waals surface area contributed by atoms with Crippen LogP contribution in [0, 0.1) is 5.82 Å². The van der Waals surface area contributed by atoms with E-state index in [9.17, 15) is 4.39 Å². The van der Waals surface area contributed by atoms with Crippen molar-refractivity contribution in [1.29, 1.82) is 0 Å². The van der Waals surface area contributed by atoms with E-state index in [1.807, 2.05) is 6.07 Å². The van der Waals surface area contributed by atoms with Crippen LogP contribution < -0.4 is 5.32 Å². The van der Waals surface area contributed by atoms with Crippen LogP contribution in [0.25, 0.3) is 10.9 Å². The molecule has 0 spiro atoms. The van der Waals surface area contributed by atoms with Gasteiger partial charge in [-0.05, 0) is 47.3 Å². The number of fused-ring (bicyclic) bond motifs is 1. The summed E-state index contributed by atoms with van der Waals surface area (Å²) in [5.74, 6) is 0.313. The quantitative estimate of drug-likeness (QED) is 0.871. The Labute approximate surface area is 120 Å². The van der Waals surface area contributed by atoms with E-state index >= 15 is 0 Å². The molecule has 1 saturated carbocycles. The average molecular weight is 323 g/mol. The molecule has 1 aliphatic rings. The van der Waals surface area contributed by atoms with Crippen molar-refractivity contribution < 1.29 is 4.39 Å². The second kappa shape index (κ2) is 5.08. The van der Waals surface area contributed by atoms with Gasteiger partial charge in [-0.15, -0.1) is 0 Å². The number of nitrogens with one attached hydrogen (secondary N) is 1. The van der Waals surface area contributed by atoms with Crippen LogP contribution in [0.15, 0.2) is 22.7 Å². The number of anilines is 1. The van der Waals surface area contributed by atoms with Gasteiger partial charge >= 0.3 is 0 Å². The van der Waals surface area contributed by atoms with Crippen molar-refractivity contribution in [2.24, 2.45) is 0 Å². The highest BCUT2D eigenvalue weighted by Gasteiger charge is 2.26. The number of halogens is 2. The van der Waals surface area contributed by atoms with Gasteiger partial charge in [-0.3, -0.25) is 4.98 Å². The topological polar surface area (TPSA) is 24.9 Å². The first kappa shape index (κ1) is 12.9. The molecular weight excluding hydrogens is 307 g/mol. The molecule has 19 heavy (non-hydrogen) atoms. The maximum absolute atomic E-state index is 13.7. The van der Waals surface area contributed by atoms with Gasteiger partial charge in [-0.1, -0.05) is 6.92 Å². The first-order valence-electron chi connectivity index (χ1n) is 6.72. The van der Waals surface area contributed by atoms with Gasteiger partial charge in [0.1, 0.15) is 5.82 Å². The van der Waals surface area contributed by atoms with E-state index in [1.165, 1.54) is 18.9 Å². The van der Waals surface area contributed by atoms with E-state index in [0.717, 1.165) is 35.2 Å². The minimum absolute atomic E-state index is 0.255. The Morgan fingerprint density at radius 1 is 1.37 bits per heavy atom. The Bertz CT molecular complexity index is 623. The molecule has 4 heteroatoms. The van der Waals surface area contributed by atoms with Crippen LogP contribution in [0.3, 0.4) is 0 Å². The highest BCUT2D eigenvalue weighted by Crippen LogP contribution is 2.41. The van der Waals surface area contributed by atoms with E-state index in [-0.39, 0.29) is 5.82 Å². The van der Waals surface area contributed by atoms with Crippen molar-refractivity contribution >= 4 is 32.5 Å². The van der Waals surface area contributed by atoms with Gasteiger partial charge in [0.2, 0.25) is 0 Å². The van der Waals surface area contributed by atoms with Crippen LogP contribution in [0.1, 0.15) is 37.8 Å². The number of benzene rings is 1. The lowest BCUT2D eigenvalue weighted by Gasteiger charge is -2.12. The predicted octanol–water partition coefficient (Wildman–Crippen LogP) is 4.84. The molecule has 0 amide bonds. The number of aromatic nitrogens is 1. The minimum atomic E-state index is -0.255. The third-order valence-electron chi connectivity index (χ3n) is 3.43. The Kier molecular flexibility index (Phi) is 3.44. The molecule has 1 N–H and O–H groups in total. The largest absolute Gasteiger partial charge is 0.384 e. The van der Waals surface area contributed by atoms with Crippen molar-refractivity contribution in [2.45, 2.75) is 32.1 Å². The van der Waals surface area contributed by atoms with Gasteiger partial charge in [-0.25, -0.2) is 4.39 Å². The van der Waals surface area contributed by atoms with Crippen molar-refractivity contribution in [2.75, 3.05) is 11.9 Å². The van der Waals surface area contributed by atoms with E-state index in [1.54, 1.807) is 0 Å². The van der Waals surface area contributed by atoms with Crippen LogP contribution in [0.2, 0.25) is 0 Å². The summed E-state index contributed by atoms with van der Waals surface area (Å²) in [6.45, 7) is 3.05. The lowest BCUT2D eigenvalue weighted by molar-refractivity contribution is 0.622. The maximum Gasteiger partial charge on any atom is 0.139 e. The van der Waals surface area contributed by atoms with Gasteiger partial charge in [-0.2, -0.15) is 0 Å². The second-order valence-corrected chi connectivity index (χ2v) is 5.93. The van der Waals surface area contributed by atoms with E-state index in [0.29, 0.717) is 10.4 Å². The third-order valence-corrected chi connectivity index (χ3v) is 4.04. The lowest BCUT2D eigenvalue weighted by atomic mass is 10.1. The van der Waals surface area contributed by atoms with Crippen molar-refractivity contribution in [3.8, 4) is 0 Å². The zero-order valence-electron chi connectivity index (χ0n) is 10.8. The Morgan fingerprint density at radius 2 is 2.16 bits per heavy atom. The highest BCUT2D eigenvalue weighted by molar-refractivity contribution is 9.10.